The van der Waals surface area contributed by atoms with Crippen molar-refractivity contribution in [2.24, 2.45) is 0 Å². The summed E-state index contributed by atoms with van der Waals surface area (Å²) in [5, 5.41) is 11.7. The van der Waals surface area contributed by atoms with Gasteiger partial charge in [-0.25, -0.2) is 0 Å². The lowest BCUT2D eigenvalue weighted by molar-refractivity contribution is -0.119. The summed E-state index contributed by atoms with van der Waals surface area (Å²) in [7, 11) is 0. The van der Waals surface area contributed by atoms with Crippen molar-refractivity contribution in [3.8, 4) is 6.07 Å². The van der Waals surface area contributed by atoms with Gasteiger partial charge in [-0.15, -0.1) is 11.8 Å². The molecule has 1 saturated heterocycles. The summed E-state index contributed by atoms with van der Waals surface area (Å²) >= 11 is 1.55. The minimum atomic E-state index is 0.0435. The number of nitriles is 1. The highest BCUT2D eigenvalue weighted by Crippen LogP contribution is 2.14. The largest absolute Gasteiger partial charge is 0.376 e. The Bertz CT molecular complexity index is 493. The Balaban J connectivity index is 1.64. The van der Waals surface area contributed by atoms with Crippen LogP contribution in [0.4, 0.5) is 0 Å². The summed E-state index contributed by atoms with van der Waals surface area (Å²) in [6, 6.07) is 9.59. The van der Waals surface area contributed by atoms with E-state index in [2.05, 4.69) is 11.4 Å². The van der Waals surface area contributed by atoms with E-state index < -0.39 is 0 Å². The first-order chi connectivity index (χ1) is 9.78. The predicted octanol–water partition coefficient (Wildman–Crippen LogP) is 2.09. The molecule has 5 heteroatoms. The Morgan fingerprint density at radius 1 is 1.55 bits per heavy atom. The second-order valence-electron chi connectivity index (χ2n) is 4.74. The summed E-state index contributed by atoms with van der Waals surface area (Å²) in [5.74, 6) is 1.22. The van der Waals surface area contributed by atoms with Gasteiger partial charge in [0.15, 0.2) is 0 Å². The number of nitrogens with one attached hydrogen (secondary N) is 1. The van der Waals surface area contributed by atoms with Crippen LogP contribution in [0.1, 0.15) is 24.0 Å². The van der Waals surface area contributed by atoms with E-state index in [0.29, 0.717) is 17.9 Å². The first-order valence-electron chi connectivity index (χ1n) is 6.73. The van der Waals surface area contributed by atoms with Gasteiger partial charge in [0, 0.05) is 18.9 Å². The van der Waals surface area contributed by atoms with E-state index >= 15 is 0 Å². The standard InChI is InChI=1S/C15H18N2O2S/c16-8-12-3-1-4-13(7-12)10-20-11-15(18)17-9-14-5-2-6-19-14/h1,3-4,7,14H,2,5-6,9-11H2,(H,17,18). The van der Waals surface area contributed by atoms with E-state index in [0.717, 1.165) is 30.8 Å². The maximum absolute atomic E-state index is 11.7. The van der Waals surface area contributed by atoms with Gasteiger partial charge in [0.25, 0.3) is 0 Å². The molecule has 1 N–H and O–H groups in total. The number of carbonyl (C=O) groups is 1. The smallest absolute Gasteiger partial charge is 0.230 e. The molecule has 1 aromatic rings. The van der Waals surface area contributed by atoms with Crippen LogP contribution in [0.5, 0.6) is 0 Å². The summed E-state index contributed by atoms with van der Waals surface area (Å²) in [6.07, 6.45) is 2.31. The van der Waals surface area contributed by atoms with Crippen LogP contribution in [-0.4, -0.2) is 30.9 Å². The molecular weight excluding hydrogens is 272 g/mol. The zero-order chi connectivity index (χ0) is 14.2. The summed E-state index contributed by atoms with van der Waals surface area (Å²) in [4.78, 5) is 11.7. The third-order valence-electron chi connectivity index (χ3n) is 3.11. The highest BCUT2D eigenvalue weighted by Gasteiger charge is 2.15. The van der Waals surface area contributed by atoms with Crippen LogP contribution in [0.3, 0.4) is 0 Å². The fraction of sp³-hybridized carbons (Fsp3) is 0.467. The SMILES string of the molecule is N#Cc1cccc(CSCC(=O)NCC2CCCO2)c1. The Morgan fingerprint density at radius 2 is 2.45 bits per heavy atom. The van der Waals surface area contributed by atoms with Crippen molar-refractivity contribution in [1.29, 1.82) is 5.26 Å². The molecule has 0 radical (unpaired) electrons. The van der Waals surface area contributed by atoms with Crippen molar-refractivity contribution >= 4 is 17.7 Å². The fourth-order valence-electron chi connectivity index (χ4n) is 2.08. The van der Waals surface area contributed by atoms with E-state index in [1.54, 1.807) is 17.8 Å². The second kappa shape index (κ2) is 7.93. The third-order valence-corrected chi connectivity index (χ3v) is 4.11. The van der Waals surface area contributed by atoms with Gasteiger partial charge >= 0.3 is 0 Å². The lowest BCUT2D eigenvalue weighted by Crippen LogP contribution is -2.32. The van der Waals surface area contributed by atoms with Gasteiger partial charge in [0.2, 0.25) is 5.91 Å². The first-order valence-corrected chi connectivity index (χ1v) is 7.88. The van der Waals surface area contributed by atoms with Crippen LogP contribution in [0.15, 0.2) is 24.3 Å². The van der Waals surface area contributed by atoms with Crippen LogP contribution >= 0.6 is 11.8 Å². The highest BCUT2D eigenvalue weighted by atomic mass is 32.2. The number of benzene rings is 1. The molecule has 1 unspecified atom stereocenters. The van der Waals surface area contributed by atoms with Gasteiger partial charge < -0.3 is 10.1 Å². The van der Waals surface area contributed by atoms with Crippen molar-refractivity contribution < 1.29 is 9.53 Å². The average molecular weight is 290 g/mol. The number of amides is 1. The van der Waals surface area contributed by atoms with Gasteiger partial charge in [-0.1, -0.05) is 12.1 Å². The van der Waals surface area contributed by atoms with Crippen molar-refractivity contribution in [3.05, 3.63) is 35.4 Å². The Kier molecular flexibility index (Phi) is 5.90. The Labute approximate surface area is 123 Å². The molecule has 1 atom stereocenters. The molecule has 4 nitrogen and oxygen atoms in total. The van der Waals surface area contributed by atoms with Gasteiger partial charge in [-0.3, -0.25) is 4.79 Å². The van der Waals surface area contributed by atoms with Crippen molar-refractivity contribution in [3.63, 3.8) is 0 Å². The molecule has 1 fully saturated rings. The van der Waals surface area contributed by atoms with Crippen LogP contribution in [0.25, 0.3) is 0 Å². The van der Waals surface area contributed by atoms with Gasteiger partial charge in [-0.05, 0) is 30.5 Å². The monoisotopic (exact) mass is 290 g/mol. The second-order valence-corrected chi connectivity index (χ2v) is 5.73. The molecule has 0 bridgehead atoms. The fourth-order valence-corrected chi connectivity index (χ4v) is 2.88. The van der Waals surface area contributed by atoms with Crippen LogP contribution in [-0.2, 0) is 15.3 Å². The maximum atomic E-state index is 11.7. The van der Waals surface area contributed by atoms with E-state index in [-0.39, 0.29) is 12.0 Å². The van der Waals surface area contributed by atoms with Crippen LogP contribution in [0.2, 0.25) is 0 Å². The topological polar surface area (TPSA) is 62.1 Å². The molecule has 0 aliphatic carbocycles. The van der Waals surface area contributed by atoms with E-state index in [1.165, 1.54) is 0 Å². The minimum Gasteiger partial charge on any atom is -0.376 e. The lowest BCUT2D eigenvalue weighted by atomic mass is 10.2. The molecule has 1 amide bonds. The van der Waals surface area contributed by atoms with E-state index in [9.17, 15) is 4.79 Å². The van der Waals surface area contributed by atoms with Crippen LogP contribution in [0, 0.1) is 11.3 Å². The molecule has 0 aromatic heterocycles. The predicted molar refractivity (Wildman–Crippen MR) is 79.3 cm³/mol. The first kappa shape index (κ1) is 14.9. The molecule has 106 valence electrons. The third kappa shape index (κ3) is 4.87. The minimum absolute atomic E-state index is 0.0435. The number of thioether (sulfide) groups is 1. The van der Waals surface area contributed by atoms with Crippen LogP contribution < -0.4 is 5.32 Å². The maximum Gasteiger partial charge on any atom is 0.230 e. The number of nitrogens with zero attached hydrogens (tertiary/aromatic N) is 1. The number of carbonyl (C=O) groups excluding carboxylic acids is 1. The summed E-state index contributed by atoms with van der Waals surface area (Å²) in [6.45, 7) is 1.42. The van der Waals surface area contributed by atoms with Crippen molar-refractivity contribution in [2.75, 3.05) is 18.9 Å². The zero-order valence-electron chi connectivity index (χ0n) is 11.3. The number of hydrogen-bond acceptors (Lipinski definition) is 4. The number of ether oxygens (including phenoxy) is 1. The number of rotatable bonds is 6. The Morgan fingerprint density at radius 3 is 3.20 bits per heavy atom. The molecule has 0 saturated carbocycles. The molecule has 1 aromatic carbocycles. The van der Waals surface area contributed by atoms with E-state index in [4.69, 9.17) is 10.00 Å². The highest BCUT2D eigenvalue weighted by molar-refractivity contribution is 7.99. The molecule has 0 spiro atoms. The molecule has 2 rings (SSSR count). The van der Waals surface area contributed by atoms with Crippen molar-refractivity contribution in [2.45, 2.75) is 24.7 Å². The van der Waals surface area contributed by atoms with Gasteiger partial charge in [-0.2, -0.15) is 5.26 Å². The quantitative estimate of drug-likeness (QED) is 0.871. The molecular formula is C15H18N2O2S. The average Bonchev–Trinajstić information content (AvgIpc) is 2.99. The van der Waals surface area contributed by atoms with Gasteiger partial charge in [0.1, 0.15) is 0 Å². The Hall–Kier alpha value is -1.51. The zero-order valence-corrected chi connectivity index (χ0v) is 12.1. The van der Waals surface area contributed by atoms with E-state index in [1.807, 2.05) is 18.2 Å². The number of hydrogen-bond donors (Lipinski definition) is 1. The van der Waals surface area contributed by atoms with Crippen molar-refractivity contribution in [1.82, 2.24) is 5.32 Å². The molecule has 1 heterocycles. The lowest BCUT2D eigenvalue weighted by Gasteiger charge is -2.10. The molecule has 20 heavy (non-hydrogen) atoms. The summed E-state index contributed by atoms with van der Waals surface area (Å²) in [5.41, 5.74) is 1.73. The molecule has 1 aliphatic heterocycles. The normalized spacial score (nSPS) is 17.6. The molecule has 1 aliphatic rings. The van der Waals surface area contributed by atoms with Gasteiger partial charge in [0.05, 0.1) is 23.5 Å². The summed E-state index contributed by atoms with van der Waals surface area (Å²) < 4.78 is 5.45.